The van der Waals surface area contributed by atoms with E-state index in [1.54, 1.807) is 0 Å². The zero-order valence-corrected chi connectivity index (χ0v) is 13.4. The van der Waals surface area contributed by atoms with Crippen LogP contribution in [0.2, 0.25) is 0 Å². The van der Waals surface area contributed by atoms with Gasteiger partial charge in [-0.15, -0.1) is 0 Å². The van der Waals surface area contributed by atoms with Crippen molar-refractivity contribution >= 4 is 17.5 Å². The van der Waals surface area contributed by atoms with Gasteiger partial charge in [0.05, 0.1) is 11.8 Å². The second-order valence-corrected chi connectivity index (χ2v) is 6.18. The summed E-state index contributed by atoms with van der Waals surface area (Å²) in [7, 11) is 0. The lowest BCUT2D eigenvalue weighted by Gasteiger charge is -2.29. The molecule has 2 unspecified atom stereocenters. The van der Waals surface area contributed by atoms with E-state index in [-0.39, 0.29) is 23.7 Å². The molecule has 0 bridgehead atoms. The molecule has 1 fully saturated rings. The second-order valence-electron chi connectivity index (χ2n) is 6.18. The molecule has 2 atom stereocenters. The summed E-state index contributed by atoms with van der Waals surface area (Å²) >= 11 is 0. The van der Waals surface area contributed by atoms with Crippen LogP contribution in [0.3, 0.4) is 0 Å². The lowest BCUT2D eigenvalue weighted by Crippen LogP contribution is -2.38. The topological polar surface area (TPSA) is 40.6 Å². The molecule has 0 aromatic heterocycles. The molecule has 4 heteroatoms. The van der Waals surface area contributed by atoms with E-state index >= 15 is 0 Å². The Morgan fingerprint density at radius 1 is 1.18 bits per heavy atom. The molecule has 1 aliphatic carbocycles. The van der Waals surface area contributed by atoms with Crippen molar-refractivity contribution in [2.45, 2.75) is 33.1 Å². The van der Waals surface area contributed by atoms with Crippen LogP contribution in [0.25, 0.3) is 0 Å². The van der Waals surface area contributed by atoms with Crippen LogP contribution in [-0.4, -0.2) is 36.3 Å². The molecule has 1 aliphatic heterocycles. The first-order valence-electron chi connectivity index (χ1n) is 8.35. The van der Waals surface area contributed by atoms with Gasteiger partial charge in [0.2, 0.25) is 11.8 Å². The summed E-state index contributed by atoms with van der Waals surface area (Å²) < 4.78 is 0. The molecule has 2 aliphatic rings. The minimum atomic E-state index is -0.112. The number of fused-ring (bicyclic) bond motifs is 1. The Balaban J connectivity index is 1.71. The quantitative estimate of drug-likeness (QED) is 0.857. The normalized spacial score (nSPS) is 22.9. The van der Waals surface area contributed by atoms with Crippen LogP contribution >= 0.6 is 0 Å². The van der Waals surface area contributed by atoms with Gasteiger partial charge in [-0.2, -0.15) is 0 Å². The third-order valence-electron chi connectivity index (χ3n) is 4.88. The smallest absolute Gasteiger partial charge is 0.230 e. The van der Waals surface area contributed by atoms with Crippen LogP contribution < -0.4 is 4.90 Å². The number of hydrogen-bond donors (Lipinski definition) is 0. The third kappa shape index (κ3) is 2.62. The van der Waals surface area contributed by atoms with Crippen LogP contribution in [0.1, 0.15) is 32.3 Å². The fraction of sp³-hybridized carbons (Fsp3) is 0.556. The Hall–Kier alpha value is -1.84. The Kier molecular flexibility index (Phi) is 4.19. The monoisotopic (exact) mass is 300 g/mol. The van der Waals surface area contributed by atoms with Crippen LogP contribution in [-0.2, 0) is 16.0 Å². The van der Waals surface area contributed by atoms with E-state index < -0.39 is 0 Å². The number of aryl methyl sites for hydroxylation is 1. The van der Waals surface area contributed by atoms with Gasteiger partial charge in [-0.1, -0.05) is 18.2 Å². The van der Waals surface area contributed by atoms with Crippen molar-refractivity contribution in [1.29, 1.82) is 0 Å². The number of carbonyl (C=O) groups is 2. The van der Waals surface area contributed by atoms with E-state index in [4.69, 9.17) is 0 Å². The van der Waals surface area contributed by atoms with E-state index in [9.17, 15) is 9.59 Å². The molecule has 0 N–H and O–H groups in total. The Bertz CT molecular complexity index is 580. The molecule has 0 saturated heterocycles. The molecule has 1 aromatic rings. The molecule has 0 radical (unpaired) electrons. The lowest BCUT2D eigenvalue weighted by atomic mass is 10.0. The minimum absolute atomic E-state index is 0.0958. The van der Waals surface area contributed by atoms with Crippen LogP contribution in [0.5, 0.6) is 0 Å². The maximum Gasteiger partial charge on any atom is 0.230 e. The summed E-state index contributed by atoms with van der Waals surface area (Å²) in [5.41, 5.74) is 2.29. The van der Waals surface area contributed by atoms with E-state index in [0.717, 1.165) is 38.2 Å². The van der Waals surface area contributed by atoms with Crippen molar-refractivity contribution in [2.75, 3.05) is 24.5 Å². The van der Waals surface area contributed by atoms with Gasteiger partial charge in [0.25, 0.3) is 0 Å². The number of para-hydroxylation sites is 1. The zero-order valence-electron chi connectivity index (χ0n) is 13.4. The van der Waals surface area contributed by atoms with Gasteiger partial charge in [-0.3, -0.25) is 9.59 Å². The van der Waals surface area contributed by atoms with Crippen molar-refractivity contribution in [3.05, 3.63) is 29.8 Å². The van der Waals surface area contributed by atoms with Crippen molar-refractivity contribution in [2.24, 2.45) is 11.8 Å². The predicted molar refractivity (Wildman–Crippen MR) is 86.6 cm³/mol. The number of amides is 2. The lowest BCUT2D eigenvalue weighted by molar-refractivity contribution is -0.134. The molecule has 4 nitrogen and oxygen atoms in total. The summed E-state index contributed by atoms with van der Waals surface area (Å²) in [5, 5.41) is 0. The average Bonchev–Trinajstić information content (AvgIpc) is 3.35. The first-order valence-corrected chi connectivity index (χ1v) is 8.35. The van der Waals surface area contributed by atoms with Crippen LogP contribution in [0.15, 0.2) is 24.3 Å². The van der Waals surface area contributed by atoms with E-state index in [1.165, 1.54) is 5.56 Å². The molecule has 1 saturated carbocycles. The number of carbonyl (C=O) groups excluding carboxylic acids is 2. The molecular formula is C18H24N2O2. The number of anilines is 1. The van der Waals surface area contributed by atoms with Crippen molar-refractivity contribution in [3.8, 4) is 0 Å². The third-order valence-corrected chi connectivity index (χ3v) is 4.88. The van der Waals surface area contributed by atoms with E-state index in [1.807, 2.05) is 41.8 Å². The first kappa shape index (κ1) is 15.1. The van der Waals surface area contributed by atoms with Crippen molar-refractivity contribution in [3.63, 3.8) is 0 Å². The standard InChI is InChI=1S/C18H24N2O2/c1-3-19(4-2)17(21)14-12-15(14)18(22)20-11-7-9-13-8-5-6-10-16(13)20/h5-6,8,10,14-15H,3-4,7,9,11-12H2,1-2H3. The molecule has 118 valence electrons. The van der Waals surface area contributed by atoms with E-state index in [2.05, 4.69) is 6.07 Å². The Morgan fingerprint density at radius 2 is 1.91 bits per heavy atom. The van der Waals surface area contributed by atoms with Gasteiger partial charge < -0.3 is 9.80 Å². The van der Waals surface area contributed by atoms with Gasteiger partial charge in [0, 0.05) is 25.3 Å². The fourth-order valence-corrected chi connectivity index (χ4v) is 3.47. The second kappa shape index (κ2) is 6.11. The van der Waals surface area contributed by atoms with E-state index in [0.29, 0.717) is 6.42 Å². The summed E-state index contributed by atoms with van der Waals surface area (Å²) in [6.45, 7) is 6.19. The summed E-state index contributed by atoms with van der Waals surface area (Å²) in [5.74, 6) is 0.0760. The van der Waals surface area contributed by atoms with Gasteiger partial charge in [0.1, 0.15) is 0 Å². The molecule has 0 spiro atoms. The van der Waals surface area contributed by atoms with Gasteiger partial charge >= 0.3 is 0 Å². The summed E-state index contributed by atoms with van der Waals surface area (Å²) in [6, 6.07) is 8.13. The SMILES string of the molecule is CCN(CC)C(=O)C1CC1C(=O)N1CCCc2ccccc21. The summed E-state index contributed by atoms with van der Waals surface area (Å²) in [6.07, 6.45) is 2.75. The first-order chi connectivity index (χ1) is 10.7. The highest BCUT2D eigenvalue weighted by molar-refractivity contribution is 6.01. The predicted octanol–water partition coefficient (Wildman–Crippen LogP) is 2.47. The summed E-state index contributed by atoms with van der Waals surface area (Å²) in [4.78, 5) is 28.9. The highest BCUT2D eigenvalue weighted by Gasteiger charge is 2.51. The highest BCUT2D eigenvalue weighted by Crippen LogP contribution is 2.43. The zero-order chi connectivity index (χ0) is 15.7. The highest BCUT2D eigenvalue weighted by atomic mass is 16.2. The molecule has 22 heavy (non-hydrogen) atoms. The number of nitrogens with zero attached hydrogens (tertiary/aromatic N) is 2. The van der Waals surface area contributed by atoms with Crippen molar-refractivity contribution in [1.82, 2.24) is 4.90 Å². The van der Waals surface area contributed by atoms with Gasteiger partial charge in [0.15, 0.2) is 0 Å². The number of rotatable bonds is 4. The van der Waals surface area contributed by atoms with Gasteiger partial charge in [-0.05, 0) is 44.7 Å². The maximum absolute atomic E-state index is 12.8. The van der Waals surface area contributed by atoms with Crippen LogP contribution in [0.4, 0.5) is 5.69 Å². The fourth-order valence-electron chi connectivity index (χ4n) is 3.47. The maximum atomic E-state index is 12.8. The molecular weight excluding hydrogens is 276 g/mol. The molecule has 1 aromatic carbocycles. The number of benzene rings is 1. The average molecular weight is 300 g/mol. The largest absolute Gasteiger partial charge is 0.343 e. The van der Waals surface area contributed by atoms with Gasteiger partial charge in [-0.25, -0.2) is 0 Å². The molecule has 2 amide bonds. The van der Waals surface area contributed by atoms with Crippen LogP contribution in [0, 0.1) is 11.8 Å². The molecule has 3 rings (SSSR count). The molecule has 1 heterocycles. The van der Waals surface area contributed by atoms with Crippen molar-refractivity contribution < 1.29 is 9.59 Å². The number of hydrogen-bond acceptors (Lipinski definition) is 2. The Morgan fingerprint density at radius 3 is 2.64 bits per heavy atom. The minimum Gasteiger partial charge on any atom is -0.343 e. The Labute approximate surface area is 132 Å².